The number of piperidine rings is 1. The van der Waals surface area contributed by atoms with E-state index in [1.54, 1.807) is 14.2 Å². The van der Waals surface area contributed by atoms with Gasteiger partial charge in [-0.15, -0.1) is 0 Å². The van der Waals surface area contributed by atoms with Gasteiger partial charge in [0.05, 0.1) is 14.2 Å². The van der Waals surface area contributed by atoms with E-state index in [1.807, 2.05) is 30.0 Å². The highest BCUT2D eigenvalue weighted by Crippen LogP contribution is 2.39. The van der Waals surface area contributed by atoms with Crippen LogP contribution in [0.15, 0.2) is 18.2 Å². The fourth-order valence-corrected chi connectivity index (χ4v) is 4.74. The van der Waals surface area contributed by atoms with Crippen LogP contribution in [0.3, 0.4) is 0 Å². The molecule has 2 atom stereocenters. The maximum absolute atomic E-state index is 12.7. The number of nitrogens with zero attached hydrogens (tertiary/aromatic N) is 1. The van der Waals surface area contributed by atoms with Crippen LogP contribution in [0, 0.1) is 0 Å². The molecule has 24 heavy (non-hydrogen) atoms. The average molecular weight is 350 g/mol. The average Bonchev–Trinajstić information content (AvgIpc) is 2.89. The van der Waals surface area contributed by atoms with Crippen LogP contribution in [0.1, 0.15) is 31.2 Å². The van der Waals surface area contributed by atoms with Crippen molar-refractivity contribution in [2.24, 2.45) is 0 Å². The van der Waals surface area contributed by atoms with Gasteiger partial charge in [-0.05, 0) is 49.6 Å². The summed E-state index contributed by atoms with van der Waals surface area (Å²) < 4.78 is 10.6. The van der Waals surface area contributed by atoms with Crippen molar-refractivity contribution in [1.82, 2.24) is 10.2 Å². The maximum atomic E-state index is 12.7. The molecule has 0 radical (unpaired) electrons. The van der Waals surface area contributed by atoms with Crippen LogP contribution in [0.5, 0.6) is 11.5 Å². The second-order valence-electron chi connectivity index (χ2n) is 6.47. The van der Waals surface area contributed by atoms with E-state index in [0.717, 1.165) is 31.2 Å². The Morgan fingerprint density at radius 2 is 1.88 bits per heavy atom. The molecular weight excluding hydrogens is 324 g/mol. The van der Waals surface area contributed by atoms with Gasteiger partial charge in [0.15, 0.2) is 11.5 Å². The molecule has 2 aliphatic rings. The molecule has 0 aromatic heterocycles. The third-order valence-corrected chi connectivity index (χ3v) is 6.20. The van der Waals surface area contributed by atoms with Crippen LogP contribution in [0.25, 0.3) is 0 Å². The molecule has 1 N–H and O–H groups in total. The Kier molecular flexibility index (Phi) is 5.43. The van der Waals surface area contributed by atoms with Gasteiger partial charge in [-0.3, -0.25) is 0 Å². The fourth-order valence-electron chi connectivity index (χ4n) is 3.91. The largest absolute Gasteiger partial charge is 0.493 e. The Balaban J connectivity index is 1.60. The Labute approximate surface area is 148 Å². The number of carbonyl (C=O) groups excluding carboxylic acids is 1. The third-order valence-electron chi connectivity index (χ3n) is 5.15. The first-order valence-corrected chi connectivity index (χ1v) is 9.75. The summed E-state index contributed by atoms with van der Waals surface area (Å²) in [7, 11) is 3.24. The SMILES string of the molecule is COc1ccc(CNC(=O)N2C3CCC2CC(SC)C3)cc1OC. The number of hydrogen-bond acceptors (Lipinski definition) is 4. The highest BCUT2D eigenvalue weighted by Gasteiger charge is 2.42. The molecule has 3 rings (SSSR count). The van der Waals surface area contributed by atoms with Gasteiger partial charge in [0.2, 0.25) is 0 Å². The predicted molar refractivity (Wildman–Crippen MR) is 97.0 cm³/mol. The number of hydrogen-bond donors (Lipinski definition) is 1. The Morgan fingerprint density at radius 3 is 2.46 bits per heavy atom. The van der Waals surface area contributed by atoms with Crippen molar-refractivity contribution in [2.45, 2.75) is 49.6 Å². The van der Waals surface area contributed by atoms with Crippen molar-refractivity contribution < 1.29 is 14.3 Å². The minimum atomic E-state index is 0.0665. The van der Waals surface area contributed by atoms with E-state index in [1.165, 1.54) is 0 Å². The Morgan fingerprint density at radius 1 is 1.21 bits per heavy atom. The Hall–Kier alpha value is -1.56. The van der Waals surface area contributed by atoms with Gasteiger partial charge >= 0.3 is 6.03 Å². The van der Waals surface area contributed by atoms with E-state index < -0.39 is 0 Å². The second kappa shape index (κ2) is 7.55. The summed E-state index contributed by atoms with van der Waals surface area (Å²) in [5.41, 5.74) is 1.01. The van der Waals surface area contributed by atoms with Crippen LogP contribution in [-0.2, 0) is 6.54 Å². The minimum Gasteiger partial charge on any atom is -0.493 e. The first-order valence-electron chi connectivity index (χ1n) is 8.46. The van der Waals surface area contributed by atoms with E-state index >= 15 is 0 Å². The molecule has 2 saturated heterocycles. The van der Waals surface area contributed by atoms with Gasteiger partial charge in [0.1, 0.15) is 0 Å². The van der Waals surface area contributed by atoms with Gasteiger partial charge in [0.25, 0.3) is 0 Å². The molecule has 2 unspecified atom stereocenters. The number of urea groups is 1. The van der Waals surface area contributed by atoms with Crippen LogP contribution in [0.2, 0.25) is 0 Å². The number of fused-ring (bicyclic) bond motifs is 2. The predicted octanol–water partition coefficient (Wildman–Crippen LogP) is 3.27. The highest BCUT2D eigenvalue weighted by atomic mass is 32.2. The van der Waals surface area contributed by atoms with E-state index in [9.17, 15) is 4.79 Å². The topological polar surface area (TPSA) is 50.8 Å². The smallest absolute Gasteiger partial charge is 0.318 e. The number of ether oxygens (including phenoxy) is 2. The molecule has 2 fully saturated rings. The lowest BCUT2D eigenvalue weighted by atomic mass is 10.0. The summed E-state index contributed by atoms with van der Waals surface area (Å²) in [4.78, 5) is 14.7. The van der Waals surface area contributed by atoms with Crippen molar-refractivity contribution in [3.8, 4) is 11.5 Å². The van der Waals surface area contributed by atoms with Gasteiger partial charge in [-0.25, -0.2) is 4.79 Å². The number of amides is 2. The molecule has 2 aliphatic heterocycles. The molecule has 6 heteroatoms. The minimum absolute atomic E-state index is 0.0665. The lowest BCUT2D eigenvalue weighted by molar-refractivity contribution is 0.149. The fraction of sp³-hybridized carbons (Fsp3) is 0.611. The summed E-state index contributed by atoms with van der Waals surface area (Å²) in [6.07, 6.45) is 6.72. The molecule has 5 nitrogen and oxygen atoms in total. The molecule has 1 aromatic rings. The summed E-state index contributed by atoms with van der Waals surface area (Å²) in [6.45, 7) is 0.501. The molecule has 0 saturated carbocycles. The molecule has 2 bridgehead atoms. The van der Waals surface area contributed by atoms with Crippen LogP contribution >= 0.6 is 11.8 Å². The number of nitrogens with one attached hydrogen (secondary N) is 1. The summed E-state index contributed by atoms with van der Waals surface area (Å²) in [6, 6.07) is 6.62. The lowest BCUT2D eigenvalue weighted by Gasteiger charge is -2.38. The van der Waals surface area contributed by atoms with E-state index in [-0.39, 0.29) is 6.03 Å². The number of rotatable bonds is 5. The quantitative estimate of drug-likeness (QED) is 0.885. The molecule has 2 amide bonds. The number of thioether (sulfide) groups is 1. The Bertz CT molecular complexity index is 582. The number of carbonyl (C=O) groups is 1. The zero-order valence-electron chi connectivity index (χ0n) is 14.6. The first-order chi connectivity index (χ1) is 11.7. The second-order valence-corrected chi connectivity index (χ2v) is 7.61. The molecule has 0 aliphatic carbocycles. The zero-order chi connectivity index (χ0) is 17.1. The summed E-state index contributed by atoms with van der Waals surface area (Å²) in [5, 5.41) is 3.78. The van der Waals surface area contributed by atoms with E-state index in [4.69, 9.17) is 9.47 Å². The van der Waals surface area contributed by atoms with E-state index in [2.05, 4.69) is 16.5 Å². The van der Waals surface area contributed by atoms with Crippen molar-refractivity contribution in [1.29, 1.82) is 0 Å². The van der Waals surface area contributed by atoms with Crippen LogP contribution in [0.4, 0.5) is 4.79 Å². The van der Waals surface area contributed by atoms with E-state index in [0.29, 0.717) is 35.4 Å². The van der Waals surface area contributed by atoms with Crippen molar-refractivity contribution in [2.75, 3.05) is 20.5 Å². The number of benzene rings is 1. The first kappa shape index (κ1) is 17.3. The van der Waals surface area contributed by atoms with Crippen molar-refractivity contribution in [3.63, 3.8) is 0 Å². The molecule has 2 heterocycles. The van der Waals surface area contributed by atoms with Gasteiger partial charge < -0.3 is 19.7 Å². The van der Waals surface area contributed by atoms with Gasteiger partial charge in [-0.2, -0.15) is 11.8 Å². The van der Waals surface area contributed by atoms with Crippen LogP contribution < -0.4 is 14.8 Å². The molecule has 1 aromatic carbocycles. The third kappa shape index (κ3) is 3.43. The molecule has 132 valence electrons. The normalized spacial score (nSPS) is 25.5. The lowest BCUT2D eigenvalue weighted by Crippen LogP contribution is -2.51. The number of methoxy groups -OCH3 is 2. The maximum Gasteiger partial charge on any atom is 0.318 e. The molecular formula is C18H26N2O3S. The summed E-state index contributed by atoms with van der Waals surface area (Å²) in [5.74, 6) is 1.38. The standard InChI is InChI=1S/C18H26N2O3S/c1-22-16-7-4-12(8-17(16)23-2)11-19-18(21)20-13-5-6-14(20)10-15(9-13)24-3/h4,7-8,13-15H,5-6,9-11H2,1-3H3,(H,19,21). The monoisotopic (exact) mass is 350 g/mol. The molecule has 0 spiro atoms. The van der Waals surface area contributed by atoms with Gasteiger partial charge in [-0.1, -0.05) is 6.07 Å². The van der Waals surface area contributed by atoms with Crippen LogP contribution in [-0.4, -0.2) is 48.7 Å². The van der Waals surface area contributed by atoms with Gasteiger partial charge in [0, 0.05) is 23.9 Å². The highest BCUT2D eigenvalue weighted by molar-refractivity contribution is 7.99. The summed E-state index contributed by atoms with van der Waals surface area (Å²) >= 11 is 1.94. The van der Waals surface area contributed by atoms with Crippen molar-refractivity contribution in [3.05, 3.63) is 23.8 Å². The van der Waals surface area contributed by atoms with Crippen molar-refractivity contribution >= 4 is 17.8 Å². The zero-order valence-corrected chi connectivity index (χ0v) is 15.4.